The highest BCUT2D eigenvalue weighted by molar-refractivity contribution is 4.67. The van der Waals surface area contributed by atoms with Gasteiger partial charge in [0.25, 0.3) is 0 Å². The molecule has 0 amide bonds. The van der Waals surface area contributed by atoms with Gasteiger partial charge in [0.05, 0.1) is 6.61 Å². The monoisotopic (exact) mass is 200 g/mol. The molecule has 1 atom stereocenters. The van der Waals surface area contributed by atoms with Crippen molar-refractivity contribution >= 4 is 0 Å². The quantitative estimate of drug-likeness (QED) is 0.625. The summed E-state index contributed by atoms with van der Waals surface area (Å²) in [7, 11) is 2.21. The third kappa shape index (κ3) is 4.94. The van der Waals surface area contributed by atoms with Gasteiger partial charge in [-0.3, -0.25) is 0 Å². The Morgan fingerprint density at radius 3 is 2.86 bits per heavy atom. The van der Waals surface area contributed by atoms with Crippen LogP contribution in [-0.4, -0.2) is 44.8 Å². The molecule has 14 heavy (non-hydrogen) atoms. The van der Waals surface area contributed by atoms with Gasteiger partial charge < -0.3 is 15.4 Å². The third-order valence-electron chi connectivity index (χ3n) is 2.84. The van der Waals surface area contributed by atoms with Crippen LogP contribution in [0.3, 0.4) is 0 Å². The summed E-state index contributed by atoms with van der Waals surface area (Å²) in [4.78, 5) is 2.43. The SMILES string of the molecule is CN(CCCCCN)CC1CCOC1. The highest BCUT2D eigenvalue weighted by atomic mass is 16.5. The first-order valence-electron chi connectivity index (χ1n) is 5.79. The molecule has 0 spiro atoms. The second-order valence-corrected chi connectivity index (χ2v) is 4.34. The van der Waals surface area contributed by atoms with E-state index in [9.17, 15) is 0 Å². The highest BCUT2D eigenvalue weighted by Gasteiger charge is 2.16. The van der Waals surface area contributed by atoms with E-state index in [1.54, 1.807) is 0 Å². The van der Waals surface area contributed by atoms with E-state index < -0.39 is 0 Å². The van der Waals surface area contributed by atoms with Crippen molar-refractivity contribution in [2.45, 2.75) is 25.7 Å². The summed E-state index contributed by atoms with van der Waals surface area (Å²) in [5.74, 6) is 0.773. The molecule has 1 unspecified atom stereocenters. The Morgan fingerprint density at radius 1 is 1.36 bits per heavy atom. The smallest absolute Gasteiger partial charge is 0.0507 e. The van der Waals surface area contributed by atoms with E-state index in [0.29, 0.717) is 0 Å². The molecule has 0 bridgehead atoms. The van der Waals surface area contributed by atoms with Crippen LogP contribution in [0.1, 0.15) is 25.7 Å². The van der Waals surface area contributed by atoms with Crippen LogP contribution in [0.15, 0.2) is 0 Å². The second kappa shape index (κ2) is 7.21. The highest BCUT2D eigenvalue weighted by Crippen LogP contribution is 2.13. The zero-order chi connectivity index (χ0) is 10.2. The largest absolute Gasteiger partial charge is 0.381 e. The topological polar surface area (TPSA) is 38.5 Å². The fourth-order valence-electron chi connectivity index (χ4n) is 1.96. The zero-order valence-corrected chi connectivity index (χ0v) is 9.37. The summed E-state index contributed by atoms with van der Waals surface area (Å²) in [5, 5.41) is 0. The molecule has 1 rings (SSSR count). The summed E-state index contributed by atoms with van der Waals surface area (Å²) >= 11 is 0. The molecule has 0 aromatic rings. The van der Waals surface area contributed by atoms with Crippen molar-refractivity contribution in [1.82, 2.24) is 4.90 Å². The lowest BCUT2D eigenvalue weighted by molar-refractivity contribution is 0.173. The minimum Gasteiger partial charge on any atom is -0.381 e. The minimum absolute atomic E-state index is 0.773. The lowest BCUT2D eigenvalue weighted by atomic mass is 10.1. The standard InChI is InChI=1S/C11H24N2O/c1-13(7-4-2-3-6-12)9-11-5-8-14-10-11/h11H,2-10,12H2,1H3. The van der Waals surface area contributed by atoms with Crippen LogP contribution < -0.4 is 5.73 Å². The Kier molecular flexibility index (Phi) is 6.15. The van der Waals surface area contributed by atoms with Crippen LogP contribution in [0.2, 0.25) is 0 Å². The van der Waals surface area contributed by atoms with E-state index in [4.69, 9.17) is 10.5 Å². The van der Waals surface area contributed by atoms with Crippen LogP contribution in [0.4, 0.5) is 0 Å². The van der Waals surface area contributed by atoms with Crippen molar-refractivity contribution in [2.24, 2.45) is 11.7 Å². The average Bonchev–Trinajstić information content (AvgIpc) is 2.65. The van der Waals surface area contributed by atoms with Crippen LogP contribution in [0.25, 0.3) is 0 Å². The van der Waals surface area contributed by atoms with Gasteiger partial charge in [0.1, 0.15) is 0 Å². The Morgan fingerprint density at radius 2 is 2.21 bits per heavy atom. The molecule has 1 aliphatic heterocycles. The molecule has 0 saturated carbocycles. The van der Waals surface area contributed by atoms with Gasteiger partial charge >= 0.3 is 0 Å². The van der Waals surface area contributed by atoms with Crippen LogP contribution in [-0.2, 0) is 4.74 Å². The van der Waals surface area contributed by atoms with Crippen LogP contribution in [0, 0.1) is 5.92 Å². The van der Waals surface area contributed by atoms with Gasteiger partial charge in [-0.15, -0.1) is 0 Å². The summed E-state index contributed by atoms with van der Waals surface area (Å²) in [6.45, 7) is 5.16. The first kappa shape index (κ1) is 12.0. The fourth-order valence-corrected chi connectivity index (χ4v) is 1.96. The first-order chi connectivity index (χ1) is 6.83. The van der Waals surface area contributed by atoms with Crippen molar-refractivity contribution in [3.63, 3.8) is 0 Å². The molecule has 2 N–H and O–H groups in total. The number of unbranched alkanes of at least 4 members (excludes halogenated alkanes) is 2. The number of hydrogen-bond acceptors (Lipinski definition) is 3. The molecule has 84 valence electrons. The van der Waals surface area contributed by atoms with Crippen LogP contribution >= 0.6 is 0 Å². The van der Waals surface area contributed by atoms with Gasteiger partial charge in [-0.05, 0) is 45.3 Å². The second-order valence-electron chi connectivity index (χ2n) is 4.34. The summed E-state index contributed by atoms with van der Waals surface area (Å²) in [6, 6.07) is 0. The molecule has 1 heterocycles. The van der Waals surface area contributed by atoms with Crippen molar-refractivity contribution in [3.05, 3.63) is 0 Å². The van der Waals surface area contributed by atoms with E-state index in [-0.39, 0.29) is 0 Å². The molecule has 0 aromatic carbocycles. The molecular formula is C11H24N2O. The number of nitrogens with two attached hydrogens (primary N) is 1. The Hall–Kier alpha value is -0.120. The van der Waals surface area contributed by atoms with E-state index in [1.807, 2.05) is 0 Å². The van der Waals surface area contributed by atoms with Crippen molar-refractivity contribution in [2.75, 3.05) is 39.9 Å². The molecule has 3 heteroatoms. The third-order valence-corrected chi connectivity index (χ3v) is 2.84. The maximum atomic E-state index is 5.45. The lowest BCUT2D eigenvalue weighted by Crippen LogP contribution is -2.27. The fraction of sp³-hybridized carbons (Fsp3) is 1.00. The van der Waals surface area contributed by atoms with Gasteiger partial charge in [0.2, 0.25) is 0 Å². The van der Waals surface area contributed by atoms with Gasteiger partial charge in [-0.2, -0.15) is 0 Å². The molecule has 1 aliphatic rings. The molecule has 0 radical (unpaired) electrons. The predicted molar refractivity (Wildman–Crippen MR) is 59.3 cm³/mol. The van der Waals surface area contributed by atoms with Gasteiger partial charge in [0, 0.05) is 13.2 Å². The normalized spacial score (nSPS) is 22.1. The summed E-state index contributed by atoms with van der Waals surface area (Å²) in [5.41, 5.74) is 5.45. The van der Waals surface area contributed by atoms with E-state index in [0.717, 1.165) is 25.7 Å². The number of hydrogen-bond donors (Lipinski definition) is 1. The number of rotatable bonds is 7. The Balaban J connectivity index is 1.95. The maximum Gasteiger partial charge on any atom is 0.0507 e. The van der Waals surface area contributed by atoms with Crippen LogP contribution in [0.5, 0.6) is 0 Å². The Bertz CT molecular complexity index is 135. The van der Waals surface area contributed by atoms with Crippen molar-refractivity contribution in [3.8, 4) is 0 Å². The average molecular weight is 200 g/mol. The van der Waals surface area contributed by atoms with Crippen molar-refractivity contribution < 1.29 is 4.74 Å². The first-order valence-corrected chi connectivity index (χ1v) is 5.79. The van der Waals surface area contributed by atoms with E-state index in [2.05, 4.69) is 11.9 Å². The van der Waals surface area contributed by atoms with Gasteiger partial charge in [0.15, 0.2) is 0 Å². The van der Waals surface area contributed by atoms with E-state index >= 15 is 0 Å². The maximum absolute atomic E-state index is 5.45. The molecular weight excluding hydrogens is 176 g/mol. The summed E-state index contributed by atoms with van der Waals surface area (Å²) < 4.78 is 5.36. The van der Waals surface area contributed by atoms with Gasteiger partial charge in [-0.25, -0.2) is 0 Å². The van der Waals surface area contributed by atoms with E-state index in [1.165, 1.54) is 38.8 Å². The minimum atomic E-state index is 0.773. The molecule has 1 fully saturated rings. The lowest BCUT2D eigenvalue weighted by Gasteiger charge is -2.19. The molecule has 3 nitrogen and oxygen atoms in total. The zero-order valence-electron chi connectivity index (χ0n) is 9.37. The summed E-state index contributed by atoms with van der Waals surface area (Å²) in [6.07, 6.45) is 4.96. The number of nitrogens with zero attached hydrogens (tertiary/aromatic N) is 1. The molecule has 0 aromatic heterocycles. The Labute approximate surface area is 87.6 Å². The number of ether oxygens (including phenoxy) is 1. The van der Waals surface area contributed by atoms with Crippen molar-refractivity contribution in [1.29, 1.82) is 0 Å². The molecule has 1 saturated heterocycles. The molecule has 0 aliphatic carbocycles. The van der Waals surface area contributed by atoms with Gasteiger partial charge in [-0.1, -0.05) is 6.42 Å². The predicted octanol–water partition coefficient (Wildman–Crippen LogP) is 1.08.